The molecule has 132 valence electrons. The van der Waals surface area contributed by atoms with Gasteiger partial charge in [-0.15, -0.1) is 0 Å². The van der Waals surface area contributed by atoms with Crippen LogP contribution in [0.2, 0.25) is 5.02 Å². The summed E-state index contributed by atoms with van der Waals surface area (Å²) in [7, 11) is 0. The summed E-state index contributed by atoms with van der Waals surface area (Å²) in [5.74, 6) is 0.423. The standard InChI is InChI=1S/C19H23ClN4O/c1-3-16-6-4-5-11-24(16)18(25)17-12-13(2)21-19(23-17)22-15-9-7-14(20)8-10-15/h7-10,12,16H,3-6,11H2,1-2H3,(H,21,22,23). The topological polar surface area (TPSA) is 58.1 Å². The Kier molecular flexibility index (Phi) is 5.53. The van der Waals surface area contributed by atoms with Gasteiger partial charge in [-0.25, -0.2) is 9.97 Å². The van der Waals surface area contributed by atoms with E-state index in [1.54, 1.807) is 18.2 Å². The van der Waals surface area contributed by atoms with Gasteiger partial charge in [0.1, 0.15) is 5.69 Å². The molecule has 3 rings (SSSR count). The highest BCUT2D eigenvalue weighted by Crippen LogP contribution is 2.22. The van der Waals surface area contributed by atoms with E-state index >= 15 is 0 Å². The number of halogens is 1. The number of nitrogens with one attached hydrogen (secondary N) is 1. The van der Waals surface area contributed by atoms with Crippen LogP contribution in [0.1, 0.15) is 48.8 Å². The highest BCUT2D eigenvalue weighted by Gasteiger charge is 2.27. The number of benzene rings is 1. The molecule has 0 radical (unpaired) electrons. The van der Waals surface area contributed by atoms with Crippen LogP contribution in [0.5, 0.6) is 0 Å². The maximum atomic E-state index is 13.0. The number of nitrogens with zero attached hydrogens (tertiary/aromatic N) is 3. The van der Waals surface area contributed by atoms with Crippen molar-refractivity contribution in [2.24, 2.45) is 0 Å². The van der Waals surface area contributed by atoms with Crippen LogP contribution in [0, 0.1) is 6.92 Å². The largest absolute Gasteiger partial charge is 0.334 e. The third-order valence-electron chi connectivity index (χ3n) is 4.53. The Hall–Kier alpha value is -2.14. The van der Waals surface area contributed by atoms with Gasteiger partial charge in [-0.1, -0.05) is 18.5 Å². The summed E-state index contributed by atoms with van der Waals surface area (Å²) in [5.41, 5.74) is 2.04. The monoisotopic (exact) mass is 358 g/mol. The predicted octanol–water partition coefficient (Wildman–Crippen LogP) is 4.59. The van der Waals surface area contributed by atoms with Crippen molar-refractivity contribution < 1.29 is 4.79 Å². The van der Waals surface area contributed by atoms with Crippen LogP contribution in [-0.4, -0.2) is 33.4 Å². The van der Waals surface area contributed by atoms with Gasteiger partial charge in [-0.2, -0.15) is 0 Å². The molecule has 1 N–H and O–H groups in total. The van der Waals surface area contributed by atoms with Gasteiger partial charge in [0.05, 0.1) is 0 Å². The van der Waals surface area contributed by atoms with E-state index in [1.807, 2.05) is 24.0 Å². The van der Waals surface area contributed by atoms with E-state index in [9.17, 15) is 4.79 Å². The van der Waals surface area contributed by atoms with E-state index in [0.29, 0.717) is 22.7 Å². The summed E-state index contributed by atoms with van der Waals surface area (Å²) in [4.78, 5) is 23.8. The molecule has 2 aromatic rings. The highest BCUT2D eigenvalue weighted by atomic mass is 35.5. The summed E-state index contributed by atoms with van der Waals surface area (Å²) >= 11 is 5.91. The zero-order valence-corrected chi connectivity index (χ0v) is 15.4. The number of piperidine rings is 1. The number of aryl methyl sites for hydroxylation is 1. The molecule has 0 spiro atoms. The molecule has 1 aromatic carbocycles. The third kappa shape index (κ3) is 4.28. The number of likely N-dealkylation sites (tertiary alicyclic amines) is 1. The maximum absolute atomic E-state index is 13.0. The lowest BCUT2D eigenvalue weighted by atomic mass is 9.99. The smallest absolute Gasteiger partial charge is 0.272 e. The van der Waals surface area contributed by atoms with Crippen LogP contribution in [-0.2, 0) is 0 Å². The van der Waals surface area contributed by atoms with Crippen LogP contribution >= 0.6 is 11.6 Å². The highest BCUT2D eigenvalue weighted by molar-refractivity contribution is 6.30. The Morgan fingerprint density at radius 2 is 2.04 bits per heavy atom. The summed E-state index contributed by atoms with van der Waals surface area (Å²) in [6.45, 7) is 4.81. The second-order valence-electron chi connectivity index (χ2n) is 6.41. The van der Waals surface area contributed by atoms with Crippen molar-refractivity contribution in [2.75, 3.05) is 11.9 Å². The lowest BCUT2D eigenvalue weighted by Crippen LogP contribution is -2.43. The second kappa shape index (κ2) is 7.83. The first kappa shape index (κ1) is 17.7. The van der Waals surface area contributed by atoms with Crippen molar-refractivity contribution >= 4 is 29.1 Å². The fourth-order valence-electron chi connectivity index (χ4n) is 3.24. The van der Waals surface area contributed by atoms with E-state index in [-0.39, 0.29) is 5.91 Å². The number of hydrogen-bond donors (Lipinski definition) is 1. The van der Waals surface area contributed by atoms with Crippen molar-refractivity contribution in [1.29, 1.82) is 0 Å². The van der Waals surface area contributed by atoms with Crippen LogP contribution in [0.25, 0.3) is 0 Å². The molecule has 1 saturated heterocycles. The van der Waals surface area contributed by atoms with Crippen LogP contribution in [0.3, 0.4) is 0 Å². The number of carbonyl (C=O) groups is 1. The summed E-state index contributed by atoms with van der Waals surface area (Å²) < 4.78 is 0. The molecule has 0 aliphatic carbocycles. The number of aromatic nitrogens is 2. The number of amides is 1. The number of carbonyl (C=O) groups excluding carboxylic acids is 1. The average Bonchev–Trinajstić information content (AvgIpc) is 2.62. The molecule has 1 aliphatic heterocycles. The Morgan fingerprint density at radius 3 is 2.76 bits per heavy atom. The van der Waals surface area contributed by atoms with E-state index in [0.717, 1.165) is 37.2 Å². The van der Waals surface area contributed by atoms with Gasteiger partial charge >= 0.3 is 0 Å². The van der Waals surface area contributed by atoms with E-state index < -0.39 is 0 Å². The van der Waals surface area contributed by atoms with Crippen molar-refractivity contribution in [1.82, 2.24) is 14.9 Å². The lowest BCUT2D eigenvalue weighted by Gasteiger charge is -2.35. The molecule has 1 fully saturated rings. The third-order valence-corrected chi connectivity index (χ3v) is 4.78. The van der Waals surface area contributed by atoms with Crippen LogP contribution in [0.15, 0.2) is 30.3 Å². The van der Waals surface area contributed by atoms with Crippen molar-refractivity contribution in [3.8, 4) is 0 Å². The molecule has 5 nitrogen and oxygen atoms in total. The Balaban J connectivity index is 1.83. The summed E-state index contributed by atoms with van der Waals surface area (Å²) in [6.07, 6.45) is 4.30. The molecule has 1 unspecified atom stereocenters. The quantitative estimate of drug-likeness (QED) is 0.868. The molecule has 0 bridgehead atoms. The minimum Gasteiger partial charge on any atom is -0.334 e. The summed E-state index contributed by atoms with van der Waals surface area (Å²) in [5, 5.41) is 3.81. The first-order valence-electron chi connectivity index (χ1n) is 8.76. The molecule has 1 atom stereocenters. The SMILES string of the molecule is CCC1CCCCN1C(=O)c1cc(C)nc(Nc2ccc(Cl)cc2)n1. The lowest BCUT2D eigenvalue weighted by molar-refractivity contribution is 0.0602. The number of anilines is 2. The van der Waals surface area contributed by atoms with Gasteiger partial charge in [0.15, 0.2) is 0 Å². The zero-order valence-electron chi connectivity index (χ0n) is 14.6. The van der Waals surface area contributed by atoms with Gasteiger partial charge in [-0.05, 0) is 62.9 Å². The Morgan fingerprint density at radius 1 is 1.28 bits per heavy atom. The number of rotatable bonds is 4. The van der Waals surface area contributed by atoms with Gasteiger partial charge in [0, 0.05) is 29.0 Å². The predicted molar refractivity (Wildman–Crippen MR) is 100 cm³/mol. The molecule has 6 heteroatoms. The van der Waals surface area contributed by atoms with E-state index in [1.165, 1.54) is 6.42 Å². The van der Waals surface area contributed by atoms with Gasteiger partial charge in [0.25, 0.3) is 5.91 Å². The van der Waals surface area contributed by atoms with Gasteiger partial charge in [-0.3, -0.25) is 4.79 Å². The van der Waals surface area contributed by atoms with Crippen LogP contribution < -0.4 is 5.32 Å². The molecule has 1 amide bonds. The molecule has 1 aliphatic rings. The first-order valence-corrected chi connectivity index (χ1v) is 9.14. The Labute approximate surface area is 153 Å². The minimum absolute atomic E-state index is 0.00351. The zero-order chi connectivity index (χ0) is 17.8. The van der Waals surface area contributed by atoms with Crippen molar-refractivity contribution in [3.63, 3.8) is 0 Å². The minimum atomic E-state index is -0.00351. The fourth-order valence-corrected chi connectivity index (χ4v) is 3.36. The molecular formula is C19H23ClN4O. The van der Waals surface area contributed by atoms with Crippen molar-refractivity contribution in [2.45, 2.75) is 45.6 Å². The van der Waals surface area contributed by atoms with E-state index in [4.69, 9.17) is 11.6 Å². The summed E-state index contributed by atoms with van der Waals surface area (Å²) in [6, 6.07) is 9.37. The van der Waals surface area contributed by atoms with Gasteiger partial charge < -0.3 is 10.2 Å². The Bertz CT molecular complexity index is 748. The molecular weight excluding hydrogens is 336 g/mol. The molecule has 1 aromatic heterocycles. The number of hydrogen-bond acceptors (Lipinski definition) is 4. The average molecular weight is 359 g/mol. The molecule has 0 saturated carbocycles. The fraction of sp³-hybridized carbons (Fsp3) is 0.421. The first-order chi connectivity index (χ1) is 12.1. The van der Waals surface area contributed by atoms with Crippen LogP contribution in [0.4, 0.5) is 11.6 Å². The van der Waals surface area contributed by atoms with Gasteiger partial charge in [0.2, 0.25) is 5.95 Å². The van der Waals surface area contributed by atoms with E-state index in [2.05, 4.69) is 22.2 Å². The normalized spacial score (nSPS) is 17.4. The maximum Gasteiger partial charge on any atom is 0.272 e. The second-order valence-corrected chi connectivity index (χ2v) is 6.84. The molecule has 25 heavy (non-hydrogen) atoms. The van der Waals surface area contributed by atoms with Crippen molar-refractivity contribution in [3.05, 3.63) is 46.7 Å². The molecule has 2 heterocycles.